The fourth-order valence-corrected chi connectivity index (χ4v) is 3.64. The van der Waals surface area contributed by atoms with E-state index in [0.29, 0.717) is 40.5 Å². The minimum absolute atomic E-state index is 0.220. The van der Waals surface area contributed by atoms with Crippen LogP contribution in [0.1, 0.15) is 35.9 Å². The number of rotatable bonds is 5. The molecular formula is C20H21N5O5. The second kappa shape index (κ2) is 7.62. The summed E-state index contributed by atoms with van der Waals surface area (Å²) in [4.78, 5) is 36.1. The Morgan fingerprint density at radius 2 is 2.17 bits per heavy atom. The van der Waals surface area contributed by atoms with E-state index in [2.05, 4.69) is 20.9 Å². The van der Waals surface area contributed by atoms with Crippen molar-refractivity contribution in [1.82, 2.24) is 20.3 Å². The first-order valence-corrected chi connectivity index (χ1v) is 9.50. The predicted octanol–water partition coefficient (Wildman–Crippen LogP) is 1.72. The molecule has 0 bridgehead atoms. The highest BCUT2D eigenvalue weighted by Crippen LogP contribution is 2.34. The lowest BCUT2D eigenvalue weighted by molar-refractivity contribution is -0.134. The first-order chi connectivity index (χ1) is 14.3. The average Bonchev–Trinajstić information content (AvgIpc) is 3.21. The van der Waals surface area contributed by atoms with Crippen LogP contribution in [0.5, 0.6) is 5.75 Å². The lowest BCUT2D eigenvalue weighted by atomic mass is 9.93. The molecule has 3 heterocycles. The molecule has 0 aliphatic carbocycles. The lowest BCUT2D eigenvalue weighted by Crippen LogP contribution is -2.39. The molecule has 1 saturated heterocycles. The minimum atomic E-state index is -0.510. The van der Waals surface area contributed by atoms with E-state index in [1.54, 1.807) is 37.7 Å². The summed E-state index contributed by atoms with van der Waals surface area (Å²) in [7, 11) is 1.74. The standard InChI is InChI=1S/C20H21N5O5/c1-10-17(11(2)30-24-10)21-16(27)9-29-14-6-4-5-12-18(23-25(3)19(12)14)13-7-8-15(26)22-20(13)28/h4-6,13H,7-9H2,1-3H3,(H,21,27)(H,22,26,28). The largest absolute Gasteiger partial charge is 0.481 e. The van der Waals surface area contributed by atoms with Crippen LogP contribution in [-0.4, -0.2) is 39.3 Å². The predicted molar refractivity (Wildman–Crippen MR) is 106 cm³/mol. The molecule has 10 heteroatoms. The molecule has 1 unspecified atom stereocenters. The number of carbonyl (C=O) groups is 3. The van der Waals surface area contributed by atoms with Crippen molar-refractivity contribution >= 4 is 34.3 Å². The summed E-state index contributed by atoms with van der Waals surface area (Å²) in [5.74, 6) is -0.502. The van der Waals surface area contributed by atoms with Crippen LogP contribution in [0.4, 0.5) is 5.69 Å². The van der Waals surface area contributed by atoms with E-state index >= 15 is 0 Å². The summed E-state index contributed by atoms with van der Waals surface area (Å²) in [6.07, 6.45) is 0.675. The number of para-hydroxylation sites is 1. The van der Waals surface area contributed by atoms with Crippen molar-refractivity contribution < 1.29 is 23.6 Å². The minimum Gasteiger partial charge on any atom is -0.481 e. The van der Waals surface area contributed by atoms with E-state index in [1.807, 2.05) is 6.07 Å². The number of carbonyl (C=O) groups excluding carboxylic acids is 3. The highest BCUT2D eigenvalue weighted by molar-refractivity contribution is 6.03. The van der Waals surface area contributed by atoms with Crippen LogP contribution in [0, 0.1) is 13.8 Å². The van der Waals surface area contributed by atoms with Gasteiger partial charge < -0.3 is 14.6 Å². The summed E-state index contributed by atoms with van der Waals surface area (Å²) >= 11 is 0. The number of anilines is 1. The SMILES string of the molecule is Cc1noc(C)c1NC(=O)COc1cccc2c(C3CCC(=O)NC3=O)nn(C)c12. The van der Waals surface area contributed by atoms with E-state index in [1.165, 1.54) is 0 Å². The molecule has 3 aromatic rings. The van der Waals surface area contributed by atoms with Crippen molar-refractivity contribution in [2.24, 2.45) is 7.05 Å². The van der Waals surface area contributed by atoms with Gasteiger partial charge in [-0.15, -0.1) is 0 Å². The fourth-order valence-electron chi connectivity index (χ4n) is 3.64. The molecule has 1 aliphatic heterocycles. The van der Waals surface area contributed by atoms with Gasteiger partial charge in [-0.25, -0.2) is 0 Å². The number of imide groups is 1. The molecule has 1 fully saturated rings. The Balaban J connectivity index is 1.55. The maximum Gasteiger partial charge on any atom is 0.262 e. The molecule has 1 aliphatic rings. The molecule has 1 atom stereocenters. The summed E-state index contributed by atoms with van der Waals surface area (Å²) in [6.45, 7) is 3.23. The van der Waals surface area contributed by atoms with Gasteiger partial charge in [-0.3, -0.25) is 24.4 Å². The molecule has 3 amide bonds. The summed E-state index contributed by atoms with van der Waals surface area (Å²) in [5.41, 5.74) is 2.37. The zero-order valence-electron chi connectivity index (χ0n) is 16.8. The topological polar surface area (TPSA) is 128 Å². The maximum absolute atomic E-state index is 12.3. The molecule has 2 N–H and O–H groups in total. The van der Waals surface area contributed by atoms with Gasteiger partial charge >= 0.3 is 0 Å². The van der Waals surface area contributed by atoms with E-state index < -0.39 is 5.92 Å². The summed E-state index contributed by atoms with van der Waals surface area (Å²) < 4.78 is 12.4. The van der Waals surface area contributed by atoms with Gasteiger partial charge in [0.05, 0.1) is 11.6 Å². The van der Waals surface area contributed by atoms with Gasteiger partial charge in [0.25, 0.3) is 5.91 Å². The first kappa shape index (κ1) is 19.6. The number of aromatic nitrogens is 3. The number of amides is 3. The number of fused-ring (bicyclic) bond motifs is 1. The quantitative estimate of drug-likeness (QED) is 0.612. The highest BCUT2D eigenvalue weighted by Gasteiger charge is 2.32. The molecule has 0 spiro atoms. The van der Waals surface area contributed by atoms with Crippen LogP contribution in [0.25, 0.3) is 10.9 Å². The molecule has 0 radical (unpaired) electrons. The number of nitrogens with zero attached hydrogens (tertiary/aromatic N) is 3. The van der Waals surface area contributed by atoms with Crippen molar-refractivity contribution in [1.29, 1.82) is 0 Å². The molecule has 10 nitrogen and oxygen atoms in total. The van der Waals surface area contributed by atoms with Crippen LogP contribution < -0.4 is 15.4 Å². The number of ether oxygens (including phenoxy) is 1. The van der Waals surface area contributed by atoms with Gasteiger partial charge in [0.1, 0.15) is 22.6 Å². The first-order valence-electron chi connectivity index (χ1n) is 9.50. The number of benzene rings is 1. The summed E-state index contributed by atoms with van der Waals surface area (Å²) in [6, 6.07) is 5.36. The van der Waals surface area contributed by atoms with Crippen molar-refractivity contribution in [3.63, 3.8) is 0 Å². The van der Waals surface area contributed by atoms with Gasteiger partial charge in [-0.1, -0.05) is 17.3 Å². The lowest BCUT2D eigenvalue weighted by Gasteiger charge is -2.19. The molecule has 4 rings (SSSR count). The van der Waals surface area contributed by atoms with Crippen LogP contribution >= 0.6 is 0 Å². The Labute approximate surface area is 171 Å². The van der Waals surface area contributed by atoms with Gasteiger partial charge in [0, 0.05) is 18.9 Å². The third kappa shape index (κ3) is 3.51. The Hall–Kier alpha value is -3.69. The van der Waals surface area contributed by atoms with Gasteiger partial charge in [-0.2, -0.15) is 5.10 Å². The Kier molecular flexibility index (Phi) is 4.98. The normalized spacial score (nSPS) is 16.6. The third-order valence-electron chi connectivity index (χ3n) is 5.08. The average molecular weight is 411 g/mol. The van der Waals surface area contributed by atoms with E-state index in [4.69, 9.17) is 9.26 Å². The second-order valence-electron chi connectivity index (χ2n) is 7.20. The van der Waals surface area contributed by atoms with Crippen molar-refractivity contribution in [3.8, 4) is 5.75 Å². The van der Waals surface area contributed by atoms with Crippen molar-refractivity contribution in [2.75, 3.05) is 11.9 Å². The van der Waals surface area contributed by atoms with E-state index in [-0.39, 0.29) is 30.7 Å². The Bertz CT molecular complexity index is 1140. The van der Waals surface area contributed by atoms with Crippen LogP contribution in [0.15, 0.2) is 22.7 Å². The van der Waals surface area contributed by atoms with E-state index in [0.717, 1.165) is 5.39 Å². The van der Waals surface area contributed by atoms with E-state index in [9.17, 15) is 14.4 Å². The molecule has 156 valence electrons. The molecule has 30 heavy (non-hydrogen) atoms. The Morgan fingerprint density at radius 1 is 1.37 bits per heavy atom. The fraction of sp³-hybridized carbons (Fsp3) is 0.350. The monoisotopic (exact) mass is 411 g/mol. The second-order valence-corrected chi connectivity index (χ2v) is 7.20. The Morgan fingerprint density at radius 3 is 2.87 bits per heavy atom. The molecule has 0 saturated carbocycles. The van der Waals surface area contributed by atoms with Crippen LogP contribution in [-0.2, 0) is 21.4 Å². The van der Waals surface area contributed by atoms with Crippen molar-refractivity contribution in [3.05, 3.63) is 35.3 Å². The smallest absolute Gasteiger partial charge is 0.262 e. The number of aryl methyl sites for hydroxylation is 3. The maximum atomic E-state index is 12.3. The number of piperidine rings is 1. The number of hydrogen-bond acceptors (Lipinski definition) is 7. The van der Waals surface area contributed by atoms with Crippen LogP contribution in [0.3, 0.4) is 0 Å². The third-order valence-corrected chi connectivity index (χ3v) is 5.08. The van der Waals surface area contributed by atoms with Gasteiger partial charge in [0.15, 0.2) is 12.4 Å². The highest BCUT2D eigenvalue weighted by atomic mass is 16.5. The van der Waals surface area contributed by atoms with Crippen molar-refractivity contribution in [2.45, 2.75) is 32.6 Å². The summed E-state index contributed by atoms with van der Waals surface area (Å²) in [5, 5.41) is 14.1. The number of hydrogen-bond donors (Lipinski definition) is 2. The molecule has 1 aromatic carbocycles. The van der Waals surface area contributed by atoms with Gasteiger partial charge in [-0.05, 0) is 26.3 Å². The van der Waals surface area contributed by atoms with Gasteiger partial charge in [0.2, 0.25) is 11.8 Å². The zero-order valence-corrected chi connectivity index (χ0v) is 16.8. The van der Waals surface area contributed by atoms with Crippen LogP contribution in [0.2, 0.25) is 0 Å². The zero-order chi connectivity index (χ0) is 21.4. The molecular weight excluding hydrogens is 390 g/mol. The number of nitrogens with one attached hydrogen (secondary N) is 2. The molecule has 2 aromatic heterocycles.